The van der Waals surface area contributed by atoms with Crippen LogP contribution in [0.3, 0.4) is 0 Å². The lowest BCUT2D eigenvalue weighted by molar-refractivity contribution is -0.489. The molecule has 4 rings (SSSR count). The van der Waals surface area contributed by atoms with Crippen LogP contribution in [0, 0.1) is 10.8 Å². The van der Waals surface area contributed by atoms with Crippen molar-refractivity contribution in [3.05, 3.63) is 35.9 Å². The Morgan fingerprint density at radius 3 is 1.83 bits per heavy atom. The van der Waals surface area contributed by atoms with Gasteiger partial charge in [-0.2, -0.15) is 0 Å². The maximum atomic E-state index is 5.94. The Hall–Kier alpha value is -0.900. The van der Waals surface area contributed by atoms with Crippen molar-refractivity contribution >= 4 is 0 Å². The average Bonchev–Trinajstić information content (AvgIpc) is 2.41. The maximum absolute atomic E-state index is 5.94. The fourth-order valence-corrected chi connectivity index (χ4v) is 2.49. The fourth-order valence-electron chi connectivity index (χ4n) is 2.49. The number of fused-ring (bicyclic) bond motifs is 3. The Morgan fingerprint density at radius 1 is 0.889 bits per heavy atom. The van der Waals surface area contributed by atoms with Gasteiger partial charge in [0.25, 0.3) is 0 Å². The van der Waals surface area contributed by atoms with Crippen LogP contribution in [0.4, 0.5) is 0 Å². The molecule has 0 aromatic heterocycles. The molecule has 0 aliphatic carbocycles. The Labute approximate surface area is 108 Å². The van der Waals surface area contributed by atoms with Gasteiger partial charge in [0.15, 0.2) is 0 Å². The highest BCUT2D eigenvalue weighted by Crippen LogP contribution is 2.51. The summed E-state index contributed by atoms with van der Waals surface area (Å²) in [4.78, 5) is 0. The summed E-state index contributed by atoms with van der Waals surface area (Å²) in [7, 11) is 0. The Balaban J connectivity index is 1.88. The molecule has 3 aliphatic heterocycles. The predicted molar refractivity (Wildman–Crippen MR) is 67.9 cm³/mol. The largest absolute Gasteiger partial charge is 0.323 e. The second kappa shape index (κ2) is 3.80. The van der Waals surface area contributed by atoms with Crippen molar-refractivity contribution in [2.75, 3.05) is 19.8 Å². The van der Waals surface area contributed by atoms with Gasteiger partial charge in [0.05, 0.1) is 19.8 Å². The molecule has 18 heavy (non-hydrogen) atoms. The minimum Gasteiger partial charge on any atom is -0.323 e. The normalized spacial score (nSPS) is 35.7. The molecule has 0 N–H and O–H groups in total. The van der Waals surface area contributed by atoms with Crippen molar-refractivity contribution in [3.8, 4) is 0 Å². The molecule has 3 nitrogen and oxygen atoms in total. The monoisotopic (exact) mass is 248 g/mol. The molecule has 98 valence electrons. The Morgan fingerprint density at radius 2 is 1.39 bits per heavy atom. The topological polar surface area (TPSA) is 27.7 Å². The van der Waals surface area contributed by atoms with E-state index in [1.807, 2.05) is 30.3 Å². The Kier molecular flexibility index (Phi) is 2.56. The van der Waals surface area contributed by atoms with E-state index in [0.717, 1.165) is 5.56 Å². The number of benzene rings is 1. The number of rotatable bonds is 1. The first-order valence-electron chi connectivity index (χ1n) is 6.45. The molecular weight excluding hydrogens is 228 g/mol. The maximum Gasteiger partial charge on any atom is 0.312 e. The van der Waals surface area contributed by atoms with Crippen molar-refractivity contribution in [2.24, 2.45) is 10.8 Å². The summed E-state index contributed by atoms with van der Waals surface area (Å²) in [5.74, 6) is -0.978. The SMILES string of the molecule is CC(C)(C)C12COC(c3ccccc3)(OC1)OC2. The van der Waals surface area contributed by atoms with Crippen molar-refractivity contribution in [2.45, 2.75) is 26.7 Å². The summed E-state index contributed by atoms with van der Waals surface area (Å²) in [6.45, 7) is 8.69. The molecule has 3 heteroatoms. The highest BCUT2D eigenvalue weighted by Gasteiger charge is 2.57. The molecule has 3 aliphatic rings. The van der Waals surface area contributed by atoms with Gasteiger partial charge in [-0.25, -0.2) is 0 Å². The van der Waals surface area contributed by atoms with Gasteiger partial charge in [-0.15, -0.1) is 0 Å². The average molecular weight is 248 g/mol. The van der Waals surface area contributed by atoms with Gasteiger partial charge in [0.1, 0.15) is 0 Å². The van der Waals surface area contributed by atoms with Gasteiger partial charge in [-0.1, -0.05) is 51.1 Å². The van der Waals surface area contributed by atoms with E-state index >= 15 is 0 Å². The molecule has 0 saturated carbocycles. The molecular formula is C15H20O3. The zero-order chi connectivity index (χ0) is 12.9. The van der Waals surface area contributed by atoms with Gasteiger partial charge in [-0.05, 0) is 5.41 Å². The highest BCUT2D eigenvalue weighted by molar-refractivity contribution is 5.20. The van der Waals surface area contributed by atoms with E-state index in [1.54, 1.807) is 0 Å². The van der Waals surface area contributed by atoms with Crippen LogP contribution in [0.2, 0.25) is 0 Å². The van der Waals surface area contributed by atoms with Gasteiger partial charge >= 0.3 is 5.97 Å². The van der Waals surface area contributed by atoms with Crippen LogP contribution in [0.25, 0.3) is 0 Å². The number of ether oxygens (including phenoxy) is 3. The van der Waals surface area contributed by atoms with E-state index in [4.69, 9.17) is 14.2 Å². The highest BCUT2D eigenvalue weighted by atomic mass is 16.9. The first-order valence-corrected chi connectivity index (χ1v) is 6.45. The first-order chi connectivity index (χ1) is 8.48. The van der Waals surface area contributed by atoms with Crippen LogP contribution in [0.15, 0.2) is 30.3 Å². The van der Waals surface area contributed by atoms with E-state index in [9.17, 15) is 0 Å². The zero-order valence-electron chi connectivity index (χ0n) is 11.2. The molecule has 0 unspecified atom stereocenters. The number of hydrogen-bond donors (Lipinski definition) is 0. The van der Waals surface area contributed by atoms with Gasteiger partial charge in [0, 0.05) is 11.0 Å². The molecule has 1 aromatic rings. The van der Waals surface area contributed by atoms with Crippen LogP contribution < -0.4 is 0 Å². The summed E-state index contributed by atoms with van der Waals surface area (Å²) >= 11 is 0. The van der Waals surface area contributed by atoms with E-state index in [2.05, 4.69) is 20.8 Å². The van der Waals surface area contributed by atoms with E-state index < -0.39 is 5.97 Å². The van der Waals surface area contributed by atoms with Crippen LogP contribution >= 0.6 is 0 Å². The minimum absolute atomic E-state index is 0.0382. The lowest BCUT2D eigenvalue weighted by atomic mass is 9.67. The molecule has 0 radical (unpaired) electrons. The van der Waals surface area contributed by atoms with Crippen LogP contribution in [-0.2, 0) is 20.2 Å². The lowest BCUT2D eigenvalue weighted by Crippen LogP contribution is -2.62. The fraction of sp³-hybridized carbons (Fsp3) is 0.600. The molecule has 0 spiro atoms. The third-order valence-corrected chi connectivity index (χ3v) is 4.33. The second-order valence-corrected chi connectivity index (χ2v) is 6.32. The number of hydrogen-bond acceptors (Lipinski definition) is 3. The predicted octanol–water partition coefficient (Wildman–Crippen LogP) is 2.91. The van der Waals surface area contributed by atoms with E-state index in [1.165, 1.54) is 0 Å². The van der Waals surface area contributed by atoms with Crippen molar-refractivity contribution in [1.82, 2.24) is 0 Å². The molecule has 0 atom stereocenters. The summed E-state index contributed by atoms with van der Waals surface area (Å²) in [5.41, 5.74) is 1.01. The third-order valence-electron chi connectivity index (χ3n) is 4.33. The van der Waals surface area contributed by atoms with Crippen molar-refractivity contribution in [3.63, 3.8) is 0 Å². The zero-order valence-corrected chi connectivity index (χ0v) is 11.2. The minimum atomic E-state index is -0.978. The smallest absolute Gasteiger partial charge is 0.312 e. The van der Waals surface area contributed by atoms with Crippen molar-refractivity contribution < 1.29 is 14.2 Å². The molecule has 0 amide bonds. The van der Waals surface area contributed by atoms with Gasteiger partial charge in [0.2, 0.25) is 0 Å². The Bertz CT molecular complexity index is 408. The van der Waals surface area contributed by atoms with E-state index in [0.29, 0.717) is 19.8 Å². The molecule has 3 fully saturated rings. The molecule has 3 saturated heterocycles. The van der Waals surface area contributed by atoms with E-state index in [-0.39, 0.29) is 10.8 Å². The molecule has 2 bridgehead atoms. The van der Waals surface area contributed by atoms with Crippen LogP contribution in [0.1, 0.15) is 26.3 Å². The lowest BCUT2D eigenvalue weighted by Gasteiger charge is -2.56. The van der Waals surface area contributed by atoms with Crippen molar-refractivity contribution in [1.29, 1.82) is 0 Å². The second-order valence-electron chi connectivity index (χ2n) is 6.32. The van der Waals surface area contributed by atoms with Gasteiger partial charge < -0.3 is 14.2 Å². The standard InChI is InChI=1S/C15H20O3/c1-13(2,3)14-9-16-15(17-10-14,18-11-14)12-7-5-4-6-8-12/h4-8H,9-11H2,1-3H3. The summed E-state index contributed by atoms with van der Waals surface area (Å²) in [5, 5.41) is 0. The quantitative estimate of drug-likeness (QED) is 0.765. The molecule has 3 heterocycles. The molecule has 1 aromatic carbocycles. The van der Waals surface area contributed by atoms with Gasteiger partial charge in [-0.3, -0.25) is 0 Å². The summed E-state index contributed by atoms with van der Waals surface area (Å²) < 4.78 is 17.8. The summed E-state index contributed by atoms with van der Waals surface area (Å²) in [6, 6.07) is 9.89. The van der Waals surface area contributed by atoms with Crippen LogP contribution in [0.5, 0.6) is 0 Å². The third kappa shape index (κ3) is 1.62. The van der Waals surface area contributed by atoms with Crippen LogP contribution in [-0.4, -0.2) is 19.8 Å². The first kappa shape index (κ1) is 12.2. The summed E-state index contributed by atoms with van der Waals surface area (Å²) in [6.07, 6.45) is 0.